The van der Waals surface area contributed by atoms with Gasteiger partial charge in [-0.2, -0.15) is 5.10 Å². The topological polar surface area (TPSA) is 111 Å². The third-order valence-corrected chi connectivity index (χ3v) is 5.82. The number of hydrogen-bond donors (Lipinski definition) is 3. The second-order valence-corrected chi connectivity index (χ2v) is 7.59. The zero-order chi connectivity index (χ0) is 19.6. The van der Waals surface area contributed by atoms with Crippen molar-refractivity contribution < 1.29 is 14.3 Å². The van der Waals surface area contributed by atoms with Crippen LogP contribution in [0.5, 0.6) is 0 Å². The van der Waals surface area contributed by atoms with Gasteiger partial charge in [-0.05, 0) is 50.4 Å². The lowest BCUT2D eigenvalue weighted by molar-refractivity contribution is 0.0601. The number of nitrogens with one attached hydrogen (secondary N) is 2. The number of fused-ring (bicyclic) bond motifs is 1. The van der Waals surface area contributed by atoms with Crippen LogP contribution in [0.3, 0.4) is 0 Å². The van der Waals surface area contributed by atoms with Gasteiger partial charge in [0.15, 0.2) is 5.11 Å². The molecular weight excluding hydrogens is 386 g/mol. The molecule has 2 aromatic heterocycles. The molecule has 0 spiro atoms. The van der Waals surface area contributed by atoms with Crippen LogP contribution in [0.25, 0.3) is 0 Å². The van der Waals surface area contributed by atoms with Crippen molar-refractivity contribution in [3.8, 4) is 0 Å². The van der Waals surface area contributed by atoms with Gasteiger partial charge in [0, 0.05) is 11.4 Å². The highest BCUT2D eigenvalue weighted by atomic mass is 32.1. The molecule has 2 heterocycles. The second-order valence-electron chi connectivity index (χ2n) is 6.07. The number of thiocarbonyl (C=S) groups is 1. The predicted octanol–water partition coefficient (Wildman–Crippen LogP) is 2.54. The summed E-state index contributed by atoms with van der Waals surface area (Å²) in [6.07, 6.45) is 5.45. The Bertz CT molecular complexity index is 903. The average molecular weight is 408 g/mol. The number of nitrogens with two attached hydrogens (primary N) is 1. The fraction of sp³-hybridized carbons (Fsp3) is 0.412. The average Bonchev–Trinajstić information content (AvgIpc) is 3.21. The first-order valence-electron chi connectivity index (χ1n) is 8.62. The minimum absolute atomic E-state index is 0.247. The molecule has 0 bridgehead atoms. The molecule has 0 saturated heterocycles. The monoisotopic (exact) mass is 407 g/mol. The summed E-state index contributed by atoms with van der Waals surface area (Å²) in [5, 5.41) is 11.0. The van der Waals surface area contributed by atoms with Crippen LogP contribution in [0.2, 0.25) is 0 Å². The third-order valence-electron chi connectivity index (χ3n) is 4.41. The van der Waals surface area contributed by atoms with E-state index in [2.05, 4.69) is 15.7 Å². The van der Waals surface area contributed by atoms with Gasteiger partial charge in [0.1, 0.15) is 10.7 Å². The Kier molecular flexibility index (Phi) is 5.76. The first kappa shape index (κ1) is 19.3. The Balaban J connectivity index is 1.85. The number of amides is 1. The molecule has 1 aliphatic rings. The van der Waals surface area contributed by atoms with Crippen LogP contribution in [0.15, 0.2) is 6.20 Å². The van der Waals surface area contributed by atoms with Crippen LogP contribution in [-0.2, 0) is 24.1 Å². The molecule has 0 fully saturated rings. The Morgan fingerprint density at radius 3 is 2.78 bits per heavy atom. The van der Waals surface area contributed by atoms with Crippen molar-refractivity contribution in [1.82, 2.24) is 9.78 Å². The summed E-state index contributed by atoms with van der Waals surface area (Å²) < 4.78 is 6.46. The Morgan fingerprint density at radius 1 is 1.37 bits per heavy atom. The van der Waals surface area contributed by atoms with Crippen molar-refractivity contribution in [2.75, 3.05) is 17.7 Å². The molecule has 0 radical (unpaired) electrons. The molecule has 0 aliphatic heterocycles. The van der Waals surface area contributed by atoms with Gasteiger partial charge in [0.2, 0.25) is 0 Å². The second kappa shape index (κ2) is 8.05. The molecule has 0 saturated carbocycles. The van der Waals surface area contributed by atoms with Crippen LogP contribution < -0.4 is 16.4 Å². The molecule has 0 aromatic carbocycles. The van der Waals surface area contributed by atoms with E-state index < -0.39 is 5.91 Å². The number of rotatable bonds is 5. The molecule has 0 atom stereocenters. The minimum Gasteiger partial charge on any atom is -0.465 e. The van der Waals surface area contributed by atoms with Crippen LogP contribution >= 0.6 is 23.6 Å². The predicted molar refractivity (Wildman–Crippen MR) is 109 cm³/mol. The van der Waals surface area contributed by atoms with Gasteiger partial charge in [0.25, 0.3) is 5.91 Å². The normalized spacial score (nSPS) is 13.0. The summed E-state index contributed by atoms with van der Waals surface area (Å²) in [7, 11) is 1.37. The van der Waals surface area contributed by atoms with E-state index in [4.69, 9.17) is 22.7 Å². The molecule has 2 aromatic rings. The van der Waals surface area contributed by atoms with Crippen molar-refractivity contribution in [3.05, 3.63) is 27.9 Å². The number of thiophene rings is 1. The smallest absolute Gasteiger partial charge is 0.341 e. The quantitative estimate of drug-likeness (QED) is 0.516. The van der Waals surface area contributed by atoms with Gasteiger partial charge in [-0.3, -0.25) is 9.48 Å². The number of primary amides is 1. The SMILES string of the molecule is CCn1ncc(NC(=S)Nc2sc3c(c2C(=O)OC)CCCC3)c1C(N)=O. The Morgan fingerprint density at radius 2 is 2.11 bits per heavy atom. The van der Waals surface area contributed by atoms with Crippen LogP contribution in [0, 0.1) is 0 Å². The summed E-state index contributed by atoms with van der Waals surface area (Å²) in [5.74, 6) is -0.974. The van der Waals surface area contributed by atoms with Crippen molar-refractivity contribution in [2.45, 2.75) is 39.2 Å². The fourth-order valence-corrected chi connectivity index (χ4v) is 4.76. The summed E-state index contributed by atoms with van der Waals surface area (Å²) in [5.41, 5.74) is 7.70. The molecule has 0 unspecified atom stereocenters. The van der Waals surface area contributed by atoms with E-state index in [-0.39, 0.29) is 16.8 Å². The Labute approximate surface area is 166 Å². The first-order chi connectivity index (χ1) is 13.0. The number of nitrogens with zero attached hydrogens (tertiary/aromatic N) is 2. The van der Waals surface area contributed by atoms with Crippen LogP contribution in [-0.4, -0.2) is 33.9 Å². The number of carbonyl (C=O) groups excluding carboxylic acids is 2. The maximum absolute atomic E-state index is 12.3. The van der Waals surface area contributed by atoms with Crippen LogP contribution in [0.4, 0.5) is 10.7 Å². The number of carbonyl (C=O) groups is 2. The van der Waals surface area contributed by atoms with E-state index >= 15 is 0 Å². The van der Waals surface area contributed by atoms with Gasteiger partial charge in [-0.25, -0.2) is 4.79 Å². The number of aryl methyl sites for hydroxylation is 2. The van der Waals surface area contributed by atoms with E-state index in [1.165, 1.54) is 34.2 Å². The molecule has 144 valence electrons. The van der Waals surface area contributed by atoms with Crippen molar-refractivity contribution in [1.29, 1.82) is 0 Å². The van der Waals surface area contributed by atoms with E-state index in [0.29, 0.717) is 22.8 Å². The third kappa shape index (κ3) is 3.81. The lowest BCUT2D eigenvalue weighted by atomic mass is 9.95. The standard InChI is InChI=1S/C17H21N5O3S2/c1-3-22-13(14(18)23)10(8-19-22)20-17(26)21-15-12(16(24)25-2)9-6-4-5-7-11(9)27-15/h8H,3-7H2,1-2H3,(H2,18,23)(H2,20,21,26). The number of methoxy groups -OCH3 is 1. The number of anilines is 2. The van der Waals surface area contributed by atoms with E-state index in [0.717, 1.165) is 31.2 Å². The van der Waals surface area contributed by atoms with Crippen molar-refractivity contribution >= 4 is 51.2 Å². The van der Waals surface area contributed by atoms with E-state index in [1.807, 2.05) is 6.92 Å². The van der Waals surface area contributed by atoms with Gasteiger partial charge in [-0.15, -0.1) is 11.3 Å². The Hall–Kier alpha value is -2.46. The summed E-state index contributed by atoms with van der Waals surface area (Å²) in [4.78, 5) is 25.2. The zero-order valence-electron chi connectivity index (χ0n) is 15.1. The summed E-state index contributed by atoms with van der Waals surface area (Å²) in [6, 6.07) is 0. The summed E-state index contributed by atoms with van der Waals surface area (Å²) in [6.45, 7) is 2.36. The number of esters is 1. The lowest BCUT2D eigenvalue weighted by Gasteiger charge is -2.12. The van der Waals surface area contributed by atoms with Crippen molar-refractivity contribution in [3.63, 3.8) is 0 Å². The highest BCUT2D eigenvalue weighted by molar-refractivity contribution is 7.80. The molecule has 4 N–H and O–H groups in total. The molecule has 27 heavy (non-hydrogen) atoms. The van der Waals surface area contributed by atoms with E-state index in [1.54, 1.807) is 0 Å². The minimum atomic E-state index is -0.596. The van der Waals surface area contributed by atoms with Gasteiger partial charge in [0.05, 0.1) is 24.6 Å². The largest absolute Gasteiger partial charge is 0.465 e. The molecule has 8 nitrogen and oxygen atoms in total. The fourth-order valence-electron chi connectivity index (χ4n) is 3.21. The molecule has 3 rings (SSSR count). The maximum atomic E-state index is 12.3. The van der Waals surface area contributed by atoms with E-state index in [9.17, 15) is 9.59 Å². The molecular formula is C17H21N5O3S2. The first-order valence-corrected chi connectivity index (χ1v) is 9.85. The van der Waals surface area contributed by atoms with Gasteiger partial charge >= 0.3 is 5.97 Å². The maximum Gasteiger partial charge on any atom is 0.341 e. The number of hydrogen-bond acceptors (Lipinski definition) is 6. The zero-order valence-corrected chi connectivity index (χ0v) is 16.8. The molecule has 10 heteroatoms. The summed E-state index contributed by atoms with van der Waals surface area (Å²) >= 11 is 6.89. The highest BCUT2D eigenvalue weighted by Gasteiger charge is 2.26. The number of aromatic nitrogens is 2. The van der Waals surface area contributed by atoms with Gasteiger partial charge < -0.3 is 21.1 Å². The van der Waals surface area contributed by atoms with Crippen molar-refractivity contribution in [2.24, 2.45) is 5.73 Å². The van der Waals surface area contributed by atoms with Crippen LogP contribution in [0.1, 0.15) is 51.1 Å². The highest BCUT2D eigenvalue weighted by Crippen LogP contribution is 2.38. The molecule has 1 amide bonds. The lowest BCUT2D eigenvalue weighted by Crippen LogP contribution is -2.24. The number of ether oxygens (including phenoxy) is 1. The van der Waals surface area contributed by atoms with Gasteiger partial charge in [-0.1, -0.05) is 0 Å². The molecule has 1 aliphatic carbocycles.